The van der Waals surface area contributed by atoms with Gasteiger partial charge < -0.3 is 10.6 Å². The molecule has 1 unspecified atom stereocenters. The molecule has 4 heteroatoms. The number of aryl methyl sites for hydroxylation is 1. The number of likely N-dealkylation sites (N-methyl/N-ethyl adjacent to an activating group) is 1. The zero-order valence-corrected chi connectivity index (χ0v) is 13.2. The van der Waals surface area contributed by atoms with Crippen molar-refractivity contribution >= 4 is 5.91 Å². The highest BCUT2D eigenvalue weighted by Crippen LogP contribution is 2.14. The second-order valence-electron chi connectivity index (χ2n) is 6.09. The molecule has 1 saturated heterocycles. The number of nitrogens with zero attached hydrogens (tertiary/aromatic N) is 2. The Hall–Kier alpha value is -1.39. The van der Waals surface area contributed by atoms with Gasteiger partial charge in [-0.25, -0.2) is 0 Å². The van der Waals surface area contributed by atoms with E-state index in [0.717, 1.165) is 32.5 Å². The van der Waals surface area contributed by atoms with Gasteiger partial charge in [0.15, 0.2) is 0 Å². The summed E-state index contributed by atoms with van der Waals surface area (Å²) in [6.07, 6.45) is 2.80. The van der Waals surface area contributed by atoms with E-state index in [0.29, 0.717) is 13.0 Å². The van der Waals surface area contributed by atoms with Crippen LogP contribution in [-0.2, 0) is 11.3 Å². The summed E-state index contributed by atoms with van der Waals surface area (Å²) in [5, 5.41) is 0. The van der Waals surface area contributed by atoms with Crippen molar-refractivity contribution in [3.05, 3.63) is 35.4 Å². The molecule has 0 aromatic heterocycles. The highest BCUT2D eigenvalue weighted by molar-refractivity contribution is 5.77. The maximum absolute atomic E-state index is 12.3. The summed E-state index contributed by atoms with van der Waals surface area (Å²) in [4.78, 5) is 16.4. The van der Waals surface area contributed by atoms with Gasteiger partial charge in [0, 0.05) is 38.6 Å². The van der Waals surface area contributed by atoms with Crippen molar-refractivity contribution in [3.8, 4) is 0 Å². The van der Waals surface area contributed by atoms with Crippen molar-refractivity contribution in [2.24, 2.45) is 5.73 Å². The van der Waals surface area contributed by atoms with Crippen LogP contribution in [0.4, 0.5) is 0 Å². The van der Waals surface area contributed by atoms with Gasteiger partial charge >= 0.3 is 0 Å². The first kappa shape index (κ1) is 16.0. The lowest BCUT2D eigenvalue weighted by molar-refractivity contribution is -0.131. The monoisotopic (exact) mass is 289 g/mol. The lowest BCUT2D eigenvalue weighted by Gasteiger charge is -2.28. The molecule has 0 spiro atoms. The topological polar surface area (TPSA) is 49.6 Å². The summed E-state index contributed by atoms with van der Waals surface area (Å²) in [6.45, 7) is 5.27. The average Bonchev–Trinajstić information content (AvgIpc) is 2.98. The van der Waals surface area contributed by atoms with Gasteiger partial charge in [-0.2, -0.15) is 0 Å². The first-order valence-corrected chi connectivity index (χ1v) is 7.84. The van der Waals surface area contributed by atoms with E-state index in [1.807, 2.05) is 4.90 Å². The molecule has 1 amide bonds. The third kappa shape index (κ3) is 4.55. The van der Waals surface area contributed by atoms with Gasteiger partial charge in [-0.15, -0.1) is 0 Å². The Kier molecular flexibility index (Phi) is 5.76. The average molecular weight is 289 g/mol. The fourth-order valence-corrected chi connectivity index (χ4v) is 2.94. The SMILES string of the molecule is Cc1cccc(CN(C)C(CN)CC(=O)N2CCCC2)c1. The number of likely N-dealkylation sites (tertiary alicyclic amines) is 1. The van der Waals surface area contributed by atoms with Crippen LogP contribution in [0.25, 0.3) is 0 Å². The summed E-state index contributed by atoms with van der Waals surface area (Å²) in [5.41, 5.74) is 8.42. The first-order chi connectivity index (χ1) is 10.1. The van der Waals surface area contributed by atoms with Crippen molar-refractivity contribution in [1.29, 1.82) is 0 Å². The molecule has 1 heterocycles. The minimum absolute atomic E-state index is 0.110. The maximum Gasteiger partial charge on any atom is 0.224 e. The number of hydrogen-bond donors (Lipinski definition) is 1. The lowest BCUT2D eigenvalue weighted by atomic mass is 10.1. The van der Waals surface area contributed by atoms with Crippen LogP contribution < -0.4 is 5.73 Å². The zero-order chi connectivity index (χ0) is 15.2. The quantitative estimate of drug-likeness (QED) is 0.868. The van der Waals surface area contributed by atoms with Gasteiger partial charge in [0.1, 0.15) is 0 Å². The molecule has 1 aliphatic rings. The Balaban J connectivity index is 1.91. The van der Waals surface area contributed by atoms with E-state index in [4.69, 9.17) is 5.73 Å². The third-order valence-electron chi connectivity index (χ3n) is 4.28. The van der Waals surface area contributed by atoms with Crippen molar-refractivity contribution in [1.82, 2.24) is 9.80 Å². The molecule has 21 heavy (non-hydrogen) atoms. The predicted octanol–water partition coefficient (Wildman–Crippen LogP) is 1.77. The number of rotatable bonds is 6. The van der Waals surface area contributed by atoms with Crippen molar-refractivity contribution in [3.63, 3.8) is 0 Å². The molecule has 2 rings (SSSR count). The summed E-state index contributed by atoms with van der Waals surface area (Å²) in [6, 6.07) is 8.59. The summed E-state index contributed by atoms with van der Waals surface area (Å²) >= 11 is 0. The predicted molar refractivity (Wildman–Crippen MR) is 85.9 cm³/mol. The smallest absolute Gasteiger partial charge is 0.224 e. The molecule has 0 radical (unpaired) electrons. The Bertz CT molecular complexity index is 469. The highest BCUT2D eigenvalue weighted by atomic mass is 16.2. The van der Waals surface area contributed by atoms with Crippen LogP contribution in [0.1, 0.15) is 30.4 Å². The van der Waals surface area contributed by atoms with Crippen LogP contribution in [0.2, 0.25) is 0 Å². The minimum Gasteiger partial charge on any atom is -0.343 e. The molecule has 116 valence electrons. The maximum atomic E-state index is 12.3. The fourth-order valence-electron chi connectivity index (χ4n) is 2.94. The molecule has 1 fully saturated rings. The molecular formula is C17H27N3O. The molecular weight excluding hydrogens is 262 g/mol. The Labute approximate surface area is 127 Å². The minimum atomic E-state index is 0.110. The summed E-state index contributed by atoms with van der Waals surface area (Å²) < 4.78 is 0. The van der Waals surface area contributed by atoms with E-state index in [-0.39, 0.29) is 11.9 Å². The van der Waals surface area contributed by atoms with E-state index in [1.54, 1.807) is 0 Å². The molecule has 1 aromatic rings. The van der Waals surface area contributed by atoms with E-state index >= 15 is 0 Å². The van der Waals surface area contributed by atoms with E-state index in [9.17, 15) is 4.79 Å². The Morgan fingerprint density at radius 2 is 2.10 bits per heavy atom. The van der Waals surface area contributed by atoms with Crippen molar-refractivity contribution in [2.45, 2.75) is 38.8 Å². The summed E-state index contributed by atoms with van der Waals surface area (Å²) in [5.74, 6) is 0.249. The summed E-state index contributed by atoms with van der Waals surface area (Å²) in [7, 11) is 2.05. The molecule has 4 nitrogen and oxygen atoms in total. The fraction of sp³-hybridized carbons (Fsp3) is 0.588. The number of amides is 1. The molecule has 1 aliphatic heterocycles. The second-order valence-corrected chi connectivity index (χ2v) is 6.09. The van der Waals surface area contributed by atoms with Crippen LogP contribution >= 0.6 is 0 Å². The lowest BCUT2D eigenvalue weighted by Crippen LogP contribution is -2.42. The molecule has 0 bridgehead atoms. The molecule has 2 N–H and O–H groups in total. The zero-order valence-electron chi connectivity index (χ0n) is 13.2. The number of carbonyl (C=O) groups excluding carboxylic acids is 1. The number of carbonyl (C=O) groups is 1. The molecule has 1 aromatic carbocycles. The van der Waals surface area contributed by atoms with Gasteiger partial charge in [-0.3, -0.25) is 9.69 Å². The third-order valence-corrected chi connectivity index (χ3v) is 4.28. The number of nitrogens with two attached hydrogens (primary N) is 1. The number of benzene rings is 1. The second kappa shape index (κ2) is 7.57. The van der Waals surface area contributed by atoms with Gasteiger partial charge in [-0.1, -0.05) is 29.8 Å². The number of hydrogen-bond acceptors (Lipinski definition) is 3. The van der Waals surface area contributed by atoms with Crippen LogP contribution in [0.3, 0.4) is 0 Å². The van der Waals surface area contributed by atoms with Gasteiger partial charge in [-0.05, 0) is 32.4 Å². The van der Waals surface area contributed by atoms with Gasteiger partial charge in [0.2, 0.25) is 5.91 Å². The largest absolute Gasteiger partial charge is 0.343 e. The molecule has 1 atom stereocenters. The van der Waals surface area contributed by atoms with E-state index < -0.39 is 0 Å². The van der Waals surface area contributed by atoms with E-state index in [1.165, 1.54) is 11.1 Å². The van der Waals surface area contributed by atoms with Crippen molar-refractivity contribution < 1.29 is 4.79 Å². The van der Waals surface area contributed by atoms with Crippen molar-refractivity contribution in [2.75, 3.05) is 26.7 Å². The van der Waals surface area contributed by atoms with Crippen LogP contribution in [-0.4, -0.2) is 48.4 Å². The Morgan fingerprint density at radius 3 is 2.71 bits per heavy atom. The van der Waals surface area contributed by atoms with Gasteiger partial charge in [0.05, 0.1) is 0 Å². The van der Waals surface area contributed by atoms with Crippen LogP contribution in [0, 0.1) is 6.92 Å². The molecule has 0 saturated carbocycles. The first-order valence-electron chi connectivity index (χ1n) is 7.84. The van der Waals surface area contributed by atoms with Crippen LogP contribution in [0.5, 0.6) is 0 Å². The Morgan fingerprint density at radius 1 is 1.38 bits per heavy atom. The van der Waals surface area contributed by atoms with E-state index in [2.05, 4.69) is 43.1 Å². The van der Waals surface area contributed by atoms with Crippen LogP contribution in [0.15, 0.2) is 24.3 Å². The van der Waals surface area contributed by atoms with Gasteiger partial charge in [0.25, 0.3) is 0 Å². The standard InChI is InChI=1S/C17H27N3O/c1-14-6-5-7-15(10-14)13-19(2)16(12-18)11-17(21)20-8-3-4-9-20/h5-7,10,16H,3-4,8-9,11-13,18H2,1-2H3. The normalized spacial score (nSPS) is 16.5. The molecule has 0 aliphatic carbocycles. The highest BCUT2D eigenvalue weighted by Gasteiger charge is 2.23.